The van der Waals surface area contributed by atoms with Gasteiger partial charge in [0.1, 0.15) is 11.6 Å². The lowest BCUT2D eigenvalue weighted by molar-refractivity contribution is 0.0818. The van der Waals surface area contributed by atoms with Crippen molar-refractivity contribution in [2.24, 2.45) is 0 Å². The minimum atomic E-state index is -0.416. The number of imidazole rings is 1. The van der Waals surface area contributed by atoms with Gasteiger partial charge in [-0.15, -0.1) is 0 Å². The Bertz CT molecular complexity index is 824. The average molecular weight is 386 g/mol. The number of para-hydroxylation sites is 1. The summed E-state index contributed by atoms with van der Waals surface area (Å²) in [4.78, 5) is 19.0. The van der Waals surface area contributed by atoms with E-state index in [2.05, 4.69) is 16.8 Å². The molecular weight excluding hydrogens is 359 g/mol. The zero-order valence-corrected chi connectivity index (χ0v) is 16.2. The molecule has 0 bridgehead atoms. The number of urea groups is 1. The van der Waals surface area contributed by atoms with E-state index in [1.165, 1.54) is 11.8 Å². The number of carbonyl (C=O) groups excluding carboxylic acids is 1. The molecule has 7 heteroatoms. The molecule has 2 aliphatic rings. The molecule has 150 valence electrons. The third-order valence-electron chi connectivity index (χ3n) is 5.83. The summed E-state index contributed by atoms with van der Waals surface area (Å²) in [5.41, 5.74) is 1.40. The van der Waals surface area contributed by atoms with Crippen LogP contribution in [0.3, 0.4) is 0 Å². The van der Waals surface area contributed by atoms with E-state index in [-0.39, 0.29) is 11.7 Å². The van der Waals surface area contributed by atoms with Gasteiger partial charge >= 0.3 is 6.03 Å². The summed E-state index contributed by atoms with van der Waals surface area (Å²) in [5, 5.41) is 2.68. The number of carbonyl (C=O) groups is 1. The Hall–Kier alpha value is -2.41. The second kappa shape index (κ2) is 8.31. The number of aromatic nitrogens is 2. The van der Waals surface area contributed by atoms with Gasteiger partial charge in [0.25, 0.3) is 0 Å². The highest BCUT2D eigenvalue weighted by Crippen LogP contribution is 2.32. The van der Waals surface area contributed by atoms with Gasteiger partial charge in [-0.2, -0.15) is 0 Å². The third-order valence-corrected chi connectivity index (χ3v) is 5.83. The predicted molar refractivity (Wildman–Crippen MR) is 105 cm³/mol. The maximum atomic E-state index is 13.8. The van der Waals surface area contributed by atoms with Crippen LogP contribution in [0.1, 0.15) is 49.2 Å². The lowest BCUT2D eigenvalue weighted by Crippen LogP contribution is -2.42. The fraction of sp³-hybridized carbons (Fsp3) is 0.524. The van der Waals surface area contributed by atoms with Gasteiger partial charge in [0.15, 0.2) is 0 Å². The molecule has 1 aromatic heterocycles. The molecule has 2 saturated heterocycles. The number of nitrogens with one attached hydrogen (secondary N) is 1. The maximum absolute atomic E-state index is 13.8. The molecule has 0 saturated carbocycles. The smallest absolute Gasteiger partial charge is 0.321 e. The average Bonchev–Trinajstić information content (AvgIpc) is 3.12. The Morgan fingerprint density at radius 3 is 2.61 bits per heavy atom. The number of piperidine rings is 1. The van der Waals surface area contributed by atoms with Crippen molar-refractivity contribution in [2.75, 3.05) is 31.6 Å². The number of ether oxygens (including phenoxy) is 1. The van der Waals surface area contributed by atoms with E-state index < -0.39 is 5.82 Å². The van der Waals surface area contributed by atoms with Crippen LogP contribution in [0.2, 0.25) is 0 Å². The number of amides is 2. The summed E-state index contributed by atoms with van der Waals surface area (Å²) >= 11 is 0. The topological polar surface area (TPSA) is 59.4 Å². The second-order valence-electron chi connectivity index (χ2n) is 7.64. The van der Waals surface area contributed by atoms with Gasteiger partial charge in [-0.1, -0.05) is 12.1 Å². The highest BCUT2D eigenvalue weighted by atomic mass is 19.1. The maximum Gasteiger partial charge on any atom is 0.321 e. The lowest BCUT2D eigenvalue weighted by atomic mass is 9.97. The molecule has 4 rings (SSSR count). The van der Waals surface area contributed by atoms with Gasteiger partial charge in [-0.3, -0.25) is 0 Å². The number of benzene rings is 1. The van der Waals surface area contributed by atoms with Crippen molar-refractivity contribution in [3.63, 3.8) is 0 Å². The second-order valence-corrected chi connectivity index (χ2v) is 7.64. The summed E-state index contributed by atoms with van der Waals surface area (Å²) in [7, 11) is 0. The minimum Gasteiger partial charge on any atom is -0.381 e. The molecule has 1 N–H and O–H groups in total. The SMILES string of the molecule is Cc1cnc(C2CCOCC2)n1C1CCN(C(=O)Nc2ccccc2F)CC1. The molecule has 2 aromatic rings. The molecule has 0 atom stereocenters. The Balaban J connectivity index is 1.40. The molecule has 2 fully saturated rings. The van der Waals surface area contributed by atoms with Gasteiger partial charge in [-0.05, 0) is 44.7 Å². The van der Waals surface area contributed by atoms with Crippen molar-refractivity contribution < 1.29 is 13.9 Å². The van der Waals surface area contributed by atoms with Gasteiger partial charge in [0.2, 0.25) is 0 Å². The third kappa shape index (κ3) is 3.90. The van der Waals surface area contributed by atoms with Crippen LogP contribution in [0.15, 0.2) is 30.5 Å². The first-order valence-corrected chi connectivity index (χ1v) is 10.1. The van der Waals surface area contributed by atoms with E-state index in [9.17, 15) is 9.18 Å². The van der Waals surface area contributed by atoms with Gasteiger partial charge < -0.3 is 19.5 Å². The molecular formula is C21H27FN4O2. The summed E-state index contributed by atoms with van der Waals surface area (Å²) in [6.07, 6.45) is 5.74. The number of hydrogen-bond acceptors (Lipinski definition) is 3. The fourth-order valence-electron chi connectivity index (χ4n) is 4.28. The normalized spacial score (nSPS) is 19.0. The van der Waals surface area contributed by atoms with Crippen LogP contribution in [0, 0.1) is 12.7 Å². The quantitative estimate of drug-likeness (QED) is 0.864. The Labute approximate surface area is 164 Å². The zero-order valence-electron chi connectivity index (χ0n) is 16.2. The van der Waals surface area contributed by atoms with E-state index in [4.69, 9.17) is 9.72 Å². The molecule has 0 spiro atoms. The van der Waals surface area contributed by atoms with Crippen molar-refractivity contribution in [2.45, 2.75) is 44.6 Å². The first-order chi connectivity index (χ1) is 13.6. The number of hydrogen-bond donors (Lipinski definition) is 1. The minimum absolute atomic E-state index is 0.224. The van der Waals surface area contributed by atoms with Crippen molar-refractivity contribution >= 4 is 11.7 Å². The Morgan fingerprint density at radius 2 is 1.89 bits per heavy atom. The van der Waals surface area contributed by atoms with Crippen LogP contribution in [-0.4, -0.2) is 46.8 Å². The van der Waals surface area contributed by atoms with Crippen LogP contribution in [0.25, 0.3) is 0 Å². The van der Waals surface area contributed by atoms with E-state index in [1.54, 1.807) is 23.1 Å². The van der Waals surface area contributed by atoms with E-state index in [0.717, 1.165) is 44.7 Å². The highest BCUT2D eigenvalue weighted by Gasteiger charge is 2.29. The molecule has 28 heavy (non-hydrogen) atoms. The van der Waals surface area contributed by atoms with E-state index in [1.807, 2.05) is 6.20 Å². The number of anilines is 1. The number of nitrogens with zero attached hydrogens (tertiary/aromatic N) is 3. The molecule has 0 aliphatic carbocycles. The van der Waals surface area contributed by atoms with Crippen molar-refractivity contribution in [3.8, 4) is 0 Å². The molecule has 0 unspecified atom stereocenters. The van der Waals surface area contributed by atoms with Crippen LogP contribution < -0.4 is 5.32 Å². The fourth-order valence-corrected chi connectivity index (χ4v) is 4.28. The number of halogens is 1. The van der Waals surface area contributed by atoms with Crippen LogP contribution >= 0.6 is 0 Å². The standard InChI is InChI=1S/C21H27FN4O2/c1-15-14-23-20(16-8-12-28-13-9-16)26(15)17-6-10-25(11-7-17)21(27)24-19-5-3-2-4-18(19)22/h2-5,14,16-17H,6-13H2,1H3,(H,24,27). The Kier molecular flexibility index (Phi) is 5.62. The van der Waals surface area contributed by atoms with Crippen LogP contribution in [0.5, 0.6) is 0 Å². The van der Waals surface area contributed by atoms with Gasteiger partial charge in [-0.25, -0.2) is 14.2 Å². The largest absolute Gasteiger partial charge is 0.381 e. The number of rotatable bonds is 3. The summed E-state index contributed by atoms with van der Waals surface area (Å²) in [5.74, 6) is 1.20. The Morgan fingerprint density at radius 1 is 1.18 bits per heavy atom. The van der Waals surface area contributed by atoms with E-state index in [0.29, 0.717) is 25.0 Å². The molecule has 2 aliphatic heterocycles. The molecule has 2 amide bonds. The number of likely N-dealkylation sites (tertiary alicyclic amines) is 1. The molecule has 1 aromatic carbocycles. The summed E-state index contributed by atoms with van der Waals surface area (Å²) in [6, 6.07) is 6.36. The van der Waals surface area contributed by atoms with Gasteiger partial charge in [0.05, 0.1) is 5.69 Å². The lowest BCUT2D eigenvalue weighted by Gasteiger charge is -2.35. The predicted octanol–water partition coefficient (Wildman–Crippen LogP) is 4.09. The highest BCUT2D eigenvalue weighted by molar-refractivity contribution is 5.89. The molecule has 0 radical (unpaired) electrons. The van der Waals surface area contributed by atoms with Crippen LogP contribution in [0.4, 0.5) is 14.9 Å². The van der Waals surface area contributed by atoms with Crippen molar-refractivity contribution in [1.29, 1.82) is 0 Å². The first-order valence-electron chi connectivity index (χ1n) is 10.1. The van der Waals surface area contributed by atoms with Crippen molar-refractivity contribution in [1.82, 2.24) is 14.5 Å². The van der Waals surface area contributed by atoms with E-state index >= 15 is 0 Å². The monoisotopic (exact) mass is 386 g/mol. The first kappa shape index (κ1) is 18.9. The van der Waals surface area contributed by atoms with Crippen molar-refractivity contribution in [3.05, 3.63) is 47.8 Å². The summed E-state index contributed by atoms with van der Waals surface area (Å²) < 4.78 is 21.7. The number of aryl methyl sites for hydroxylation is 1. The molecule has 3 heterocycles. The summed E-state index contributed by atoms with van der Waals surface area (Å²) in [6.45, 7) is 5.00. The van der Waals surface area contributed by atoms with Crippen LogP contribution in [-0.2, 0) is 4.74 Å². The van der Waals surface area contributed by atoms with Gasteiger partial charge in [0, 0.05) is 50.2 Å². The zero-order chi connectivity index (χ0) is 19.5. The molecule has 6 nitrogen and oxygen atoms in total.